The molecule has 76 valence electrons. The molecule has 0 unspecified atom stereocenters. The molecule has 0 aliphatic carbocycles. The van der Waals surface area contributed by atoms with Gasteiger partial charge in [-0.25, -0.2) is 0 Å². The van der Waals surface area contributed by atoms with E-state index in [1.165, 1.54) is 7.11 Å². The number of carbonyl (C=O) groups excluding carboxylic acids is 1. The van der Waals surface area contributed by atoms with Crippen molar-refractivity contribution in [3.8, 4) is 0 Å². The van der Waals surface area contributed by atoms with Gasteiger partial charge in [0.1, 0.15) is 0 Å². The Hall–Kier alpha value is -0.870. The van der Waals surface area contributed by atoms with Gasteiger partial charge in [-0.15, -0.1) is 0 Å². The fourth-order valence-corrected chi connectivity index (χ4v) is 0.715. The van der Waals surface area contributed by atoms with Gasteiger partial charge in [0.15, 0.2) is 0 Å². The van der Waals surface area contributed by atoms with Gasteiger partial charge in [0.05, 0.1) is 26.2 Å². The summed E-state index contributed by atoms with van der Waals surface area (Å²) in [4.78, 5) is 10.7. The van der Waals surface area contributed by atoms with E-state index in [0.29, 0.717) is 12.2 Å². The highest BCUT2D eigenvalue weighted by molar-refractivity contribution is 5.70. The van der Waals surface area contributed by atoms with Gasteiger partial charge in [0, 0.05) is 6.61 Å². The summed E-state index contributed by atoms with van der Waals surface area (Å²) in [5.74, 6) is -0.454. The molecule has 1 N–H and O–H groups in total. The van der Waals surface area contributed by atoms with Crippen LogP contribution in [0.1, 0.15) is 13.3 Å². The fraction of sp³-hybridized carbons (Fsp3) is 0.667. The van der Waals surface area contributed by atoms with Gasteiger partial charge in [-0.1, -0.05) is 6.58 Å². The van der Waals surface area contributed by atoms with Crippen LogP contribution in [0.5, 0.6) is 0 Å². The molecular weight excluding hydrogens is 172 g/mol. The van der Waals surface area contributed by atoms with Crippen LogP contribution in [0.15, 0.2) is 12.2 Å². The number of aliphatic hydroxyl groups excluding tert-OH is 1. The molecule has 1 atom stereocenters. The van der Waals surface area contributed by atoms with Gasteiger partial charge in [-0.05, 0) is 12.5 Å². The Morgan fingerprint density at radius 1 is 1.62 bits per heavy atom. The summed E-state index contributed by atoms with van der Waals surface area (Å²) in [6.07, 6.45) is -0.943. The molecule has 0 saturated carbocycles. The molecular formula is C9H16O4. The van der Waals surface area contributed by atoms with E-state index in [2.05, 4.69) is 11.3 Å². The normalized spacial score (nSPS) is 12.2. The molecule has 0 aliphatic heterocycles. The predicted octanol–water partition coefficient (Wildman–Crippen LogP) is 0.503. The zero-order chi connectivity index (χ0) is 10.3. The largest absolute Gasteiger partial charge is 0.469 e. The summed E-state index contributed by atoms with van der Waals surface area (Å²) in [6.45, 7) is 6.28. The Balaban J connectivity index is 3.75. The quantitative estimate of drug-likeness (QED) is 0.487. The van der Waals surface area contributed by atoms with E-state index in [-0.39, 0.29) is 13.0 Å². The maximum atomic E-state index is 10.7. The van der Waals surface area contributed by atoms with Crippen LogP contribution in [0.2, 0.25) is 0 Å². The molecule has 0 fully saturated rings. The Morgan fingerprint density at radius 3 is 2.69 bits per heavy atom. The zero-order valence-corrected chi connectivity index (χ0v) is 8.08. The van der Waals surface area contributed by atoms with Crippen molar-refractivity contribution >= 4 is 5.97 Å². The smallest absolute Gasteiger partial charge is 0.308 e. The van der Waals surface area contributed by atoms with Crippen LogP contribution in [-0.4, -0.2) is 37.5 Å². The molecule has 0 saturated heterocycles. The summed E-state index contributed by atoms with van der Waals surface area (Å²) < 4.78 is 9.41. The van der Waals surface area contributed by atoms with E-state index in [9.17, 15) is 9.90 Å². The average molecular weight is 188 g/mol. The number of methoxy groups -OCH3 is 1. The van der Waals surface area contributed by atoms with Crippen LogP contribution in [0, 0.1) is 0 Å². The molecule has 4 heteroatoms. The summed E-state index contributed by atoms with van der Waals surface area (Å²) in [5.41, 5.74) is 0.493. The molecule has 0 aliphatic rings. The van der Waals surface area contributed by atoms with Crippen LogP contribution >= 0.6 is 0 Å². The van der Waals surface area contributed by atoms with Crippen molar-refractivity contribution in [1.82, 2.24) is 0 Å². The monoisotopic (exact) mass is 188 g/mol. The number of hydrogen-bond acceptors (Lipinski definition) is 4. The number of carbonyl (C=O) groups is 1. The Bertz CT molecular complexity index is 176. The van der Waals surface area contributed by atoms with Gasteiger partial charge in [0.25, 0.3) is 0 Å². The van der Waals surface area contributed by atoms with Crippen LogP contribution in [0.4, 0.5) is 0 Å². The zero-order valence-electron chi connectivity index (χ0n) is 8.08. The highest BCUT2D eigenvalue weighted by atomic mass is 16.5. The van der Waals surface area contributed by atoms with E-state index >= 15 is 0 Å². The minimum absolute atomic E-state index is 0.0671. The maximum Gasteiger partial charge on any atom is 0.308 e. The number of rotatable bonds is 6. The molecule has 0 amide bonds. The van der Waals surface area contributed by atoms with E-state index < -0.39 is 12.1 Å². The molecule has 4 nitrogen and oxygen atoms in total. The van der Waals surface area contributed by atoms with Gasteiger partial charge >= 0.3 is 5.97 Å². The van der Waals surface area contributed by atoms with Gasteiger partial charge in [-0.2, -0.15) is 0 Å². The van der Waals surface area contributed by atoms with E-state index in [0.717, 1.165) is 0 Å². The lowest BCUT2D eigenvalue weighted by Gasteiger charge is -2.11. The molecule has 13 heavy (non-hydrogen) atoms. The number of hydrogen-bond donors (Lipinski definition) is 1. The highest BCUT2D eigenvalue weighted by Crippen LogP contribution is 2.05. The first kappa shape index (κ1) is 12.1. The number of ether oxygens (including phenoxy) is 2. The molecule has 0 aromatic carbocycles. The third-order valence-electron chi connectivity index (χ3n) is 1.55. The maximum absolute atomic E-state index is 10.7. The van der Waals surface area contributed by atoms with Crippen molar-refractivity contribution in [2.45, 2.75) is 19.4 Å². The minimum Gasteiger partial charge on any atom is -0.469 e. The summed E-state index contributed by atoms with van der Waals surface area (Å²) >= 11 is 0. The standard InChI is InChI=1S/C9H16O4/c1-4-13-6-7(2)8(10)5-9(11)12-3/h8,10H,2,4-6H2,1,3H3/t8-/m1/s1. The van der Waals surface area contributed by atoms with E-state index in [1.54, 1.807) is 0 Å². The lowest BCUT2D eigenvalue weighted by molar-refractivity contribution is -0.142. The van der Waals surface area contributed by atoms with Crippen molar-refractivity contribution < 1.29 is 19.4 Å². The highest BCUT2D eigenvalue weighted by Gasteiger charge is 2.13. The molecule has 0 heterocycles. The summed E-state index contributed by atoms with van der Waals surface area (Å²) in [6, 6.07) is 0. The molecule has 0 bridgehead atoms. The van der Waals surface area contributed by atoms with Crippen LogP contribution in [-0.2, 0) is 14.3 Å². The SMILES string of the molecule is C=C(COCC)[C@H](O)CC(=O)OC. The average Bonchev–Trinajstić information content (AvgIpc) is 2.13. The van der Waals surface area contributed by atoms with Gasteiger partial charge in [-0.3, -0.25) is 4.79 Å². The Kier molecular flexibility index (Phi) is 6.18. The van der Waals surface area contributed by atoms with Crippen molar-refractivity contribution in [1.29, 1.82) is 0 Å². The van der Waals surface area contributed by atoms with E-state index in [1.807, 2.05) is 6.92 Å². The molecule has 0 rings (SSSR count). The third kappa shape index (κ3) is 5.38. The van der Waals surface area contributed by atoms with Crippen LogP contribution in [0.25, 0.3) is 0 Å². The van der Waals surface area contributed by atoms with Gasteiger partial charge in [0.2, 0.25) is 0 Å². The minimum atomic E-state index is -0.876. The van der Waals surface area contributed by atoms with Gasteiger partial charge < -0.3 is 14.6 Å². The second-order valence-corrected chi connectivity index (χ2v) is 2.59. The molecule has 0 spiro atoms. The van der Waals surface area contributed by atoms with E-state index in [4.69, 9.17) is 4.74 Å². The number of esters is 1. The van der Waals surface area contributed by atoms with Crippen molar-refractivity contribution in [2.24, 2.45) is 0 Å². The van der Waals surface area contributed by atoms with Crippen molar-refractivity contribution in [3.05, 3.63) is 12.2 Å². The van der Waals surface area contributed by atoms with Crippen molar-refractivity contribution in [2.75, 3.05) is 20.3 Å². The Labute approximate surface area is 78.2 Å². The molecule has 0 radical (unpaired) electrons. The predicted molar refractivity (Wildman–Crippen MR) is 48.3 cm³/mol. The van der Waals surface area contributed by atoms with Crippen LogP contribution in [0.3, 0.4) is 0 Å². The topological polar surface area (TPSA) is 55.8 Å². The lowest BCUT2D eigenvalue weighted by atomic mass is 10.1. The summed E-state index contributed by atoms with van der Waals surface area (Å²) in [5, 5.41) is 9.37. The third-order valence-corrected chi connectivity index (χ3v) is 1.55. The fourth-order valence-electron chi connectivity index (χ4n) is 0.715. The first-order valence-electron chi connectivity index (χ1n) is 4.12. The molecule has 0 aromatic rings. The lowest BCUT2D eigenvalue weighted by Crippen LogP contribution is -2.19. The Morgan fingerprint density at radius 2 is 2.23 bits per heavy atom. The number of aliphatic hydroxyl groups is 1. The molecule has 0 aromatic heterocycles. The van der Waals surface area contributed by atoms with Crippen LogP contribution < -0.4 is 0 Å². The first-order chi connectivity index (χ1) is 6.11. The second kappa shape index (κ2) is 6.62. The first-order valence-corrected chi connectivity index (χ1v) is 4.12. The second-order valence-electron chi connectivity index (χ2n) is 2.59. The summed E-state index contributed by atoms with van der Waals surface area (Å²) in [7, 11) is 1.28. The van der Waals surface area contributed by atoms with Crippen molar-refractivity contribution in [3.63, 3.8) is 0 Å².